The molecular formula is C22H25NO5. The predicted octanol–water partition coefficient (Wildman–Crippen LogP) is 3.40. The number of rotatable bonds is 5. The fourth-order valence-corrected chi connectivity index (χ4v) is 3.48. The molecule has 1 heterocycles. The van der Waals surface area contributed by atoms with E-state index in [1.807, 2.05) is 35.2 Å². The van der Waals surface area contributed by atoms with Crippen molar-refractivity contribution in [3.8, 4) is 16.9 Å². The van der Waals surface area contributed by atoms with Crippen molar-refractivity contribution in [2.24, 2.45) is 0 Å². The molecule has 1 aliphatic rings. The molecular weight excluding hydrogens is 358 g/mol. The summed E-state index contributed by atoms with van der Waals surface area (Å²) in [6.07, 6.45) is 2.01. The number of hydrogen-bond acceptors (Lipinski definition) is 5. The number of likely N-dealkylation sites (tertiary alicyclic amines) is 1. The molecule has 0 N–H and O–H groups in total. The zero-order chi connectivity index (χ0) is 20.1. The summed E-state index contributed by atoms with van der Waals surface area (Å²) < 4.78 is 15.5. The lowest BCUT2D eigenvalue weighted by Crippen LogP contribution is -2.42. The van der Waals surface area contributed by atoms with Gasteiger partial charge in [-0.2, -0.15) is 0 Å². The maximum atomic E-state index is 12.9. The van der Waals surface area contributed by atoms with Gasteiger partial charge in [0.25, 0.3) is 5.91 Å². The number of carbonyl (C=O) groups excluding carboxylic acids is 2. The Kier molecular flexibility index (Phi) is 6.31. The molecule has 2 aromatic rings. The molecule has 0 bridgehead atoms. The number of amides is 1. The van der Waals surface area contributed by atoms with E-state index in [9.17, 15) is 9.59 Å². The summed E-state index contributed by atoms with van der Waals surface area (Å²) in [6.45, 7) is 1.35. The van der Waals surface area contributed by atoms with Crippen LogP contribution in [0.1, 0.15) is 33.6 Å². The van der Waals surface area contributed by atoms with Crippen molar-refractivity contribution in [2.75, 3.05) is 34.4 Å². The largest absolute Gasteiger partial charge is 0.496 e. The average Bonchev–Trinajstić information content (AvgIpc) is 2.77. The van der Waals surface area contributed by atoms with Crippen molar-refractivity contribution in [3.63, 3.8) is 0 Å². The minimum Gasteiger partial charge on any atom is -0.496 e. The summed E-state index contributed by atoms with van der Waals surface area (Å²) in [6, 6.07) is 12.7. The SMILES string of the molecule is COC(=O)c1ccc(-c2cccc(C(=O)N3CCC[C@H](OC)C3)c2)cc1OC. The van der Waals surface area contributed by atoms with Crippen LogP contribution >= 0.6 is 0 Å². The van der Waals surface area contributed by atoms with Crippen molar-refractivity contribution in [1.82, 2.24) is 4.90 Å². The zero-order valence-corrected chi connectivity index (χ0v) is 16.4. The van der Waals surface area contributed by atoms with Gasteiger partial charge in [-0.25, -0.2) is 4.79 Å². The standard InChI is InChI=1S/C22H25NO5/c1-26-18-8-5-11-23(14-18)21(24)17-7-4-6-15(12-17)16-9-10-19(22(25)28-3)20(13-16)27-2/h4,6-7,9-10,12-13,18H,5,8,11,14H2,1-3H3/t18-/m0/s1. The Balaban J connectivity index is 1.87. The van der Waals surface area contributed by atoms with Gasteiger partial charge in [-0.1, -0.05) is 18.2 Å². The van der Waals surface area contributed by atoms with Crippen LogP contribution in [-0.2, 0) is 9.47 Å². The maximum absolute atomic E-state index is 12.9. The Morgan fingerprint density at radius 2 is 1.82 bits per heavy atom. The van der Waals surface area contributed by atoms with Gasteiger partial charge in [-0.3, -0.25) is 4.79 Å². The zero-order valence-electron chi connectivity index (χ0n) is 16.4. The third-order valence-corrected chi connectivity index (χ3v) is 5.05. The molecule has 1 aliphatic heterocycles. The molecule has 1 atom stereocenters. The van der Waals surface area contributed by atoms with E-state index in [2.05, 4.69) is 0 Å². The van der Waals surface area contributed by atoms with Crippen LogP contribution in [0.3, 0.4) is 0 Å². The molecule has 0 saturated carbocycles. The number of piperidine rings is 1. The van der Waals surface area contributed by atoms with E-state index in [-0.39, 0.29) is 12.0 Å². The van der Waals surface area contributed by atoms with Crippen molar-refractivity contribution < 1.29 is 23.8 Å². The Hall–Kier alpha value is -2.86. The maximum Gasteiger partial charge on any atom is 0.341 e. The molecule has 0 aliphatic carbocycles. The number of ether oxygens (including phenoxy) is 3. The third-order valence-electron chi connectivity index (χ3n) is 5.05. The summed E-state index contributed by atoms with van der Waals surface area (Å²) in [5.41, 5.74) is 2.72. The van der Waals surface area contributed by atoms with E-state index < -0.39 is 5.97 Å². The molecule has 1 amide bonds. The molecule has 0 unspecified atom stereocenters. The first kappa shape index (κ1) is 19.9. The second-order valence-electron chi connectivity index (χ2n) is 6.74. The lowest BCUT2D eigenvalue weighted by atomic mass is 10.00. The Bertz CT molecular complexity index is 864. The van der Waals surface area contributed by atoms with E-state index in [1.54, 1.807) is 19.2 Å². The van der Waals surface area contributed by atoms with Crippen LogP contribution in [0.25, 0.3) is 11.1 Å². The normalized spacial score (nSPS) is 16.5. The van der Waals surface area contributed by atoms with Crippen molar-refractivity contribution in [1.29, 1.82) is 0 Å². The fraction of sp³-hybridized carbons (Fsp3) is 0.364. The summed E-state index contributed by atoms with van der Waals surface area (Å²) in [5.74, 6) is -0.0214. The van der Waals surface area contributed by atoms with Crippen LogP contribution in [-0.4, -0.2) is 57.3 Å². The van der Waals surface area contributed by atoms with E-state index in [1.165, 1.54) is 14.2 Å². The van der Waals surface area contributed by atoms with Crippen molar-refractivity contribution in [3.05, 3.63) is 53.6 Å². The van der Waals surface area contributed by atoms with Gasteiger partial charge in [0.1, 0.15) is 11.3 Å². The van der Waals surface area contributed by atoms with E-state index in [0.717, 1.165) is 30.5 Å². The topological polar surface area (TPSA) is 65.1 Å². The molecule has 148 valence electrons. The molecule has 28 heavy (non-hydrogen) atoms. The summed E-state index contributed by atoms with van der Waals surface area (Å²) in [7, 11) is 4.53. The first-order valence-corrected chi connectivity index (χ1v) is 9.26. The highest BCUT2D eigenvalue weighted by atomic mass is 16.5. The molecule has 0 spiro atoms. The Labute approximate surface area is 165 Å². The first-order valence-electron chi connectivity index (χ1n) is 9.26. The predicted molar refractivity (Wildman–Crippen MR) is 106 cm³/mol. The van der Waals surface area contributed by atoms with E-state index in [0.29, 0.717) is 23.4 Å². The van der Waals surface area contributed by atoms with Gasteiger partial charge >= 0.3 is 5.97 Å². The van der Waals surface area contributed by atoms with Gasteiger partial charge in [0.2, 0.25) is 0 Å². The number of carbonyl (C=O) groups is 2. The highest BCUT2D eigenvalue weighted by Crippen LogP contribution is 2.29. The molecule has 1 saturated heterocycles. The quantitative estimate of drug-likeness (QED) is 0.741. The molecule has 0 aromatic heterocycles. The molecule has 0 radical (unpaired) electrons. The Morgan fingerprint density at radius 3 is 2.54 bits per heavy atom. The Morgan fingerprint density at radius 1 is 1.04 bits per heavy atom. The number of hydrogen-bond donors (Lipinski definition) is 0. The number of methoxy groups -OCH3 is 3. The molecule has 6 nitrogen and oxygen atoms in total. The molecule has 6 heteroatoms. The highest BCUT2D eigenvalue weighted by Gasteiger charge is 2.24. The fourth-order valence-electron chi connectivity index (χ4n) is 3.48. The number of benzene rings is 2. The first-order chi connectivity index (χ1) is 13.6. The molecule has 1 fully saturated rings. The van der Waals surface area contributed by atoms with Crippen LogP contribution < -0.4 is 4.74 Å². The highest BCUT2D eigenvalue weighted by molar-refractivity contribution is 5.96. The second kappa shape index (κ2) is 8.89. The van der Waals surface area contributed by atoms with Crippen LogP contribution in [0.2, 0.25) is 0 Å². The number of nitrogens with zero attached hydrogens (tertiary/aromatic N) is 1. The average molecular weight is 383 g/mol. The summed E-state index contributed by atoms with van der Waals surface area (Å²) >= 11 is 0. The van der Waals surface area contributed by atoms with Gasteiger partial charge in [0.15, 0.2) is 0 Å². The lowest BCUT2D eigenvalue weighted by molar-refractivity contribution is 0.0269. The minimum absolute atomic E-state index is 0.00162. The van der Waals surface area contributed by atoms with Crippen LogP contribution in [0.15, 0.2) is 42.5 Å². The lowest BCUT2D eigenvalue weighted by Gasteiger charge is -2.32. The molecule has 3 rings (SSSR count). The van der Waals surface area contributed by atoms with Crippen molar-refractivity contribution in [2.45, 2.75) is 18.9 Å². The molecule has 2 aromatic carbocycles. The van der Waals surface area contributed by atoms with E-state index >= 15 is 0 Å². The second-order valence-corrected chi connectivity index (χ2v) is 6.74. The summed E-state index contributed by atoms with van der Waals surface area (Å²) in [5, 5.41) is 0. The third kappa shape index (κ3) is 4.17. The van der Waals surface area contributed by atoms with Gasteiger partial charge in [0.05, 0.1) is 20.3 Å². The van der Waals surface area contributed by atoms with Crippen molar-refractivity contribution >= 4 is 11.9 Å². The van der Waals surface area contributed by atoms with Crippen LogP contribution in [0, 0.1) is 0 Å². The van der Waals surface area contributed by atoms with Gasteiger partial charge in [-0.05, 0) is 48.2 Å². The van der Waals surface area contributed by atoms with Gasteiger partial charge < -0.3 is 19.1 Å². The monoisotopic (exact) mass is 383 g/mol. The minimum atomic E-state index is -0.454. The van der Waals surface area contributed by atoms with Crippen LogP contribution in [0.5, 0.6) is 5.75 Å². The van der Waals surface area contributed by atoms with Crippen LogP contribution in [0.4, 0.5) is 0 Å². The smallest absolute Gasteiger partial charge is 0.341 e. The van der Waals surface area contributed by atoms with Gasteiger partial charge in [-0.15, -0.1) is 0 Å². The van der Waals surface area contributed by atoms with E-state index in [4.69, 9.17) is 14.2 Å². The summed E-state index contributed by atoms with van der Waals surface area (Å²) in [4.78, 5) is 26.6. The van der Waals surface area contributed by atoms with Gasteiger partial charge in [0, 0.05) is 25.8 Å². The number of esters is 1.